The van der Waals surface area contributed by atoms with Crippen LogP contribution in [-0.4, -0.2) is 59.8 Å². The summed E-state index contributed by atoms with van der Waals surface area (Å²) in [6.45, 7) is 7.50. The molecule has 2 rings (SSSR count). The summed E-state index contributed by atoms with van der Waals surface area (Å²) < 4.78 is 0. The Bertz CT molecular complexity index is 516. The lowest BCUT2D eigenvalue weighted by molar-refractivity contribution is 0.0812. The minimum atomic E-state index is -0.282. The van der Waals surface area contributed by atoms with E-state index in [9.17, 15) is 9.90 Å². The average Bonchev–Trinajstić information content (AvgIpc) is 2.51. The third kappa shape index (κ3) is 4.60. The molecule has 122 valence electrons. The highest BCUT2D eigenvalue weighted by Gasteiger charge is 2.22. The highest BCUT2D eigenvalue weighted by molar-refractivity contribution is 6.31. The molecule has 1 aliphatic rings. The summed E-state index contributed by atoms with van der Waals surface area (Å²) in [5, 5.41) is 13.2. The molecule has 0 aromatic heterocycles. The number of rotatable bonds is 4. The number of urea groups is 1. The van der Waals surface area contributed by atoms with Gasteiger partial charge in [-0.05, 0) is 31.0 Å². The van der Waals surface area contributed by atoms with Crippen LogP contribution in [0.5, 0.6) is 0 Å². The summed E-state index contributed by atoms with van der Waals surface area (Å²) in [5.41, 5.74) is 1.70. The summed E-state index contributed by atoms with van der Waals surface area (Å²) in [6, 6.07) is 5.41. The predicted octanol–water partition coefficient (Wildman–Crippen LogP) is 2.57. The van der Waals surface area contributed by atoms with Crippen molar-refractivity contribution in [1.82, 2.24) is 9.80 Å². The minimum absolute atomic E-state index is 0.101. The lowest BCUT2D eigenvalue weighted by Crippen LogP contribution is -2.51. The normalized spacial score (nSPS) is 17.4. The predicted molar refractivity (Wildman–Crippen MR) is 89.5 cm³/mol. The lowest BCUT2D eigenvalue weighted by atomic mass is 10.2. The van der Waals surface area contributed by atoms with E-state index in [0.29, 0.717) is 30.3 Å². The number of aryl methyl sites for hydroxylation is 1. The van der Waals surface area contributed by atoms with E-state index in [1.54, 1.807) is 11.0 Å². The Balaban J connectivity index is 1.83. The van der Waals surface area contributed by atoms with Crippen LogP contribution in [0.3, 0.4) is 0 Å². The third-order valence-electron chi connectivity index (χ3n) is 4.02. The van der Waals surface area contributed by atoms with Gasteiger partial charge < -0.3 is 15.3 Å². The molecule has 2 N–H and O–H groups in total. The summed E-state index contributed by atoms with van der Waals surface area (Å²) in [6.07, 6.45) is 0.476. The van der Waals surface area contributed by atoms with E-state index in [1.807, 2.05) is 26.0 Å². The Morgan fingerprint density at radius 1 is 1.36 bits per heavy atom. The first-order valence-corrected chi connectivity index (χ1v) is 8.10. The van der Waals surface area contributed by atoms with Gasteiger partial charge in [-0.1, -0.05) is 24.6 Å². The monoisotopic (exact) mass is 325 g/mol. The zero-order valence-corrected chi connectivity index (χ0v) is 13.9. The molecule has 0 spiro atoms. The molecule has 0 aliphatic carbocycles. The first-order valence-electron chi connectivity index (χ1n) is 7.72. The van der Waals surface area contributed by atoms with Gasteiger partial charge >= 0.3 is 6.03 Å². The van der Waals surface area contributed by atoms with Crippen LogP contribution in [0.25, 0.3) is 0 Å². The van der Waals surface area contributed by atoms with E-state index in [2.05, 4.69) is 10.2 Å². The highest BCUT2D eigenvalue weighted by atomic mass is 35.5. The Morgan fingerprint density at radius 2 is 2.05 bits per heavy atom. The van der Waals surface area contributed by atoms with Crippen molar-refractivity contribution >= 4 is 23.3 Å². The largest absolute Gasteiger partial charge is 0.392 e. The molecule has 6 heteroatoms. The van der Waals surface area contributed by atoms with Crippen molar-refractivity contribution in [3.8, 4) is 0 Å². The van der Waals surface area contributed by atoms with E-state index >= 15 is 0 Å². The Hall–Kier alpha value is -1.30. The second kappa shape index (κ2) is 7.81. The molecule has 5 nitrogen and oxygen atoms in total. The molecule has 1 aromatic rings. The van der Waals surface area contributed by atoms with Crippen LogP contribution in [0.15, 0.2) is 18.2 Å². The maximum Gasteiger partial charge on any atom is 0.321 e. The van der Waals surface area contributed by atoms with Crippen molar-refractivity contribution in [2.45, 2.75) is 26.4 Å². The molecule has 1 atom stereocenters. The molecular weight excluding hydrogens is 302 g/mol. The van der Waals surface area contributed by atoms with Crippen LogP contribution in [0.2, 0.25) is 5.02 Å². The van der Waals surface area contributed by atoms with Crippen LogP contribution >= 0.6 is 11.6 Å². The lowest BCUT2D eigenvalue weighted by Gasteiger charge is -2.35. The SMILES string of the molecule is CCC(O)CN1CCN(C(=O)Nc2ccc(C)c(Cl)c2)CC1. The fourth-order valence-electron chi connectivity index (χ4n) is 2.43. The molecule has 0 bridgehead atoms. The van der Waals surface area contributed by atoms with Gasteiger partial charge in [-0.25, -0.2) is 4.79 Å². The molecular formula is C16H24ClN3O2. The number of hydrogen-bond acceptors (Lipinski definition) is 3. The number of halogens is 1. The van der Waals surface area contributed by atoms with Gasteiger partial charge in [0, 0.05) is 43.4 Å². The van der Waals surface area contributed by atoms with Gasteiger partial charge in [0.1, 0.15) is 0 Å². The number of amides is 2. The summed E-state index contributed by atoms with van der Waals surface area (Å²) in [5.74, 6) is 0. The van der Waals surface area contributed by atoms with Crippen molar-refractivity contribution < 1.29 is 9.90 Å². The van der Waals surface area contributed by atoms with Gasteiger partial charge in [-0.2, -0.15) is 0 Å². The number of β-amino-alcohol motifs (C(OH)–C–C–N with tert-alkyl or cyclic N) is 1. The van der Waals surface area contributed by atoms with Gasteiger partial charge in [0.2, 0.25) is 0 Å². The van der Waals surface area contributed by atoms with Gasteiger partial charge in [-0.15, -0.1) is 0 Å². The maximum absolute atomic E-state index is 12.3. The maximum atomic E-state index is 12.3. The zero-order chi connectivity index (χ0) is 16.1. The molecule has 0 radical (unpaired) electrons. The first kappa shape index (κ1) is 17.1. The van der Waals surface area contributed by atoms with Gasteiger partial charge in [0.25, 0.3) is 0 Å². The zero-order valence-electron chi connectivity index (χ0n) is 13.2. The molecule has 22 heavy (non-hydrogen) atoms. The van der Waals surface area contributed by atoms with E-state index < -0.39 is 0 Å². The molecule has 1 aliphatic heterocycles. The van der Waals surface area contributed by atoms with Gasteiger partial charge in [-0.3, -0.25) is 4.90 Å². The Labute approximate surface area is 136 Å². The second-order valence-corrected chi connectivity index (χ2v) is 6.15. The van der Waals surface area contributed by atoms with Crippen molar-refractivity contribution in [3.63, 3.8) is 0 Å². The van der Waals surface area contributed by atoms with Crippen LogP contribution in [0.4, 0.5) is 10.5 Å². The summed E-state index contributed by atoms with van der Waals surface area (Å²) in [4.78, 5) is 16.2. The van der Waals surface area contributed by atoms with Crippen LogP contribution in [-0.2, 0) is 0 Å². The van der Waals surface area contributed by atoms with Crippen LogP contribution in [0.1, 0.15) is 18.9 Å². The number of nitrogens with zero attached hydrogens (tertiary/aromatic N) is 2. The summed E-state index contributed by atoms with van der Waals surface area (Å²) >= 11 is 6.07. The number of anilines is 1. The number of hydrogen-bond donors (Lipinski definition) is 2. The molecule has 2 amide bonds. The van der Waals surface area contributed by atoms with Crippen LogP contribution in [0, 0.1) is 6.92 Å². The van der Waals surface area contributed by atoms with Crippen molar-refractivity contribution in [1.29, 1.82) is 0 Å². The number of carbonyl (C=O) groups excluding carboxylic acids is 1. The number of carbonyl (C=O) groups is 1. The standard InChI is InChI=1S/C16H24ClN3O2/c1-3-14(21)11-19-6-8-20(9-7-19)16(22)18-13-5-4-12(2)15(17)10-13/h4-5,10,14,21H,3,6-9,11H2,1-2H3,(H,18,22). The highest BCUT2D eigenvalue weighted by Crippen LogP contribution is 2.20. The molecule has 1 heterocycles. The van der Waals surface area contributed by atoms with E-state index in [-0.39, 0.29) is 12.1 Å². The van der Waals surface area contributed by atoms with E-state index in [1.165, 1.54) is 0 Å². The minimum Gasteiger partial charge on any atom is -0.392 e. The first-order chi connectivity index (χ1) is 10.5. The fraction of sp³-hybridized carbons (Fsp3) is 0.562. The Kier molecular flexibility index (Phi) is 6.06. The Morgan fingerprint density at radius 3 is 2.64 bits per heavy atom. The molecule has 1 fully saturated rings. The molecule has 1 saturated heterocycles. The third-order valence-corrected chi connectivity index (χ3v) is 4.43. The molecule has 1 aromatic carbocycles. The van der Waals surface area contributed by atoms with Gasteiger partial charge in [0.15, 0.2) is 0 Å². The molecule has 1 unspecified atom stereocenters. The quantitative estimate of drug-likeness (QED) is 0.894. The number of benzene rings is 1. The van der Waals surface area contributed by atoms with Crippen molar-refractivity contribution in [3.05, 3.63) is 28.8 Å². The molecule has 0 saturated carbocycles. The number of aliphatic hydroxyl groups is 1. The smallest absolute Gasteiger partial charge is 0.321 e. The summed E-state index contributed by atoms with van der Waals surface area (Å²) in [7, 11) is 0. The number of piperazine rings is 1. The fourth-order valence-corrected chi connectivity index (χ4v) is 2.61. The van der Waals surface area contributed by atoms with Gasteiger partial charge in [0.05, 0.1) is 6.10 Å². The topological polar surface area (TPSA) is 55.8 Å². The number of aliphatic hydroxyl groups excluding tert-OH is 1. The van der Waals surface area contributed by atoms with E-state index in [0.717, 1.165) is 25.1 Å². The van der Waals surface area contributed by atoms with Crippen molar-refractivity contribution in [2.24, 2.45) is 0 Å². The van der Waals surface area contributed by atoms with Crippen molar-refractivity contribution in [2.75, 3.05) is 38.0 Å². The van der Waals surface area contributed by atoms with E-state index in [4.69, 9.17) is 11.6 Å². The second-order valence-electron chi connectivity index (χ2n) is 5.74. The number of nitrogens with one attached hydrogen (secondary N) is 1. The van der Waals surface area contributed by atoms with Crippen LogP contribution < -0.4 is 5.32 Å². The average molecular weight is 326 g/mol.